The summed E-state index contributed by atoms with van der Waals surface area (Å²) in [7, 11) is 0. The number of benzene rings is 2. The summed E-state index contributed by atoms with van der Waals surface area (Å²) >= 11 is 0. The molecule has 0 radical (unpaired) electrons. The quantitative estimate of drug-likeness (QED) is 0.700. The molecule has 0 spiro atoms. The molecule has 3 aliphatic rings. The van der Waals surface area contributed by atoms with Crippen molar-refractivity contribution < 1.29 is 19.1 Å². The summed E-state index contributed by atoms with van der Waals surface area (Å²) in [6, 6.07) is 14.0. The van der Waals surface area contributed by atoms with E-state index in [4.69, 9.17) is 4.74 Å². The minimum Gasteiger partial charge on any atom is -0.378 e. The molecule has 3 aliphatic heterocycles. The Morgan fingerprint density at radius 2 is 1.61 bits per heavy atom. The zero-order valence-corrected chi connectivity index (χ0v) is 18.8. The Morgan fingerprint density at radius 3 is 2.39 bits per heavy atom. The zero-order chi connectivity index (χ0) is 22.8. The number of rotatable bonds is 4. The van der Waals surface area contributed by atoms with E-state index in [-0.39, 0.29) is 30.1 Å². The molecular formula is C25H30N4O4. The average Bonchev–Trinajstić information content (AvgIpc) is 3.25. The SMILES string of the molecule is O=C(CN1CCN(C(=O)C2CC(=O)N(c3cccc4ccccc34)C2)CC1)N1CCOCC1. The van der Waals surface area contributed by atoms with Crippen molar-refractivity contribution >= 4 is 34.2 Å². The number of carbonyl (C=O) groups is 3. The van der Waals surface area contributed by atoms with Crippen molar-refractivity contribution in [3.05, 3.63) is 42.5 Å². The Hall–Kier alpha value is -2.97. The van der Waals surface area contributed by atoms with Gasteiger partial charge in [0, 0.05) is 57.6 Å². The maximum atomic E-state index is 13.2. The monoisotopic (exact) mass is 450 g/mol. The fourth-order valence-electron chi connectivity index (χ4n) is 5.04. The lowest BCUT2D eigenvalue weighted by Crippen LogP contribution is -2.53. The molecule has 1 atom stereocenters. The number of nitrogens with zero attached hydrogens (tertiary/aromatic N) is 4. The lowest BCUT2D eigenvalue weighted by molar-refractivity contribution is -0.139. The van der Waals surface area contributed by atoms with Gasteiger partial charge in [-0.05, 0) is 11.5 Å². The number of fused-ring (bicyclic) bond motifs is 1. The number of hydrogen-bond acceptors (Lipinski definition) is 5. The van der Waals surface area contributed by atoms with Crippen LogP contribution in [0, 0.1) is 5.92 Å². The molecule has 0 aromatic heterocycles. The number of amides is 3. The standard InChI is InChI=1S/C25H30N4O4/c30-23-16-20(17-29(23)22-7-3-5-19-4-1-2-6-21(19)22)25(32)28-10-8-26(9-11-28)18-24(31)27-12-14-33-15-13-27/h1-7,20H,8-18H2. The van der Waals surface area contributed by atoms with Crippen LogP contribution in [-0.4, -0.2) is 98.0 Å². The van der Waals surface area contributed by atoms with Gasteiger partial charge >= 0.3 is 0 Å². The van der Waals surface area contributed by atoms with E-state index in [2.05, 4.69) is 4.90 Å². The van der Waals surface area contributed by atoms with Gasteiger partial charge in [-0.15, -0.1) is 0 Å². The molecule has 8 heteroatoms. The number of anilines is 1. The van der Waals surface area contributed by atoms with Crippen molar-refractivity contribution in [2.75, 3.05) is 70.5 Å². The van der Waals surface area contributed by atoms with Crippen LogP contribution in [0.2, 0.25) is 0 Å². The van der Waals surface area contributed by atoms with Crippen molar-refractivity contribution in [2.45, 2.75) is 6.42 Å². The van der Waals surface area contributed by atoms with Crippen LogP contribution in [0.15, 0.2) is 42.5 Å². The molecule has 0 N–H and O–H groups in total. The number of piperazine rings is 1. The maximum absolute atomic E-state index is 13.2. The van der Waals surface area contributed by atoms with Gasteiger partial charge in [0.05, 0.1) is 31.4 Å². The highest BCUT2D eigenvalue weighted by atomic mass is 16.5. The molecule has 2 aromatic rings. The molecule has 0 bridgehead atoms. The molecule has 2 aromatic carbocycles. The molecule has 5 rings (SSSR count). The molecular weight excluding hydrogens is 420 g/mol. The van der Waals surface area contributed by atoms with Crippen LogP contribution >= 0.6 is 0 Å². The van der Waals surface area contributed by atoms with E-state index in [1.54, 1.807) is 4.90 Å². The summed E-state index contributed by atoms with van der Waals surface area (Å²) in [6.07, 6.45) is 0.248. The lowest BCUT2D eigenvalue weighted by Gasteiger charge is -2.36. The van der Waals surface area contributed by atoms with Crippen LogP contribution in [0.3, 0.4) is 0 Å². The van der Waals surface area contributed by atoms with Crippen LogP contribution in [0.4, 0.5) is 5.69 Å². The second-order valence-electron chi connectivity index (χ2n) is 9.00. The fraction of sp³-hybridized carbons (Fsp3) is 0.480. The Bertz CT molecular complexity index is 1040. The van der Waals surface area contributed by atoms with Gasteiger partial charge in [0.15, 0.2) is 0 Å². The second-order valence-corrected chi connectivity index (χ2v) is 9.00. The van der Waals surface area contributed by atoms with Crippen LogP contribution in [0.25, 0.3) is 10.8 Å². The first-order valence-electron chi connectivity index (χ1n) is 11.7. The number of carbonyl (C=O) groups excluding carboxylic acids is 3. The van der Waals surface area contributed by atoms with E-state index in [0.717, 1.165) is 16.5 Å². The second kappa shape index (κ2) is 9.49. The first-order chi connectivity index (χ1) is 16.1. The van der Waals surface area contributed by atoms with Gasteiger partial charge in [-0.2, -0.15) is 0 Å². The average molecular weight is 451 g/mol. The summed E-state index contributed by atoms with van der Waals surface area (Å²) in [6.45, 7) is 5.85. The summed E-state index contributed by atoms with van der Waals surface area (Å²) in [5, 5.41) is 2.11. The third kappa shape index (κ3) is 4.58. The normalized spacial score (nSPS) is 22.2. The molecule has 1 unspecified atom stereocenters. The molecule has 8 nitrogen and oxygen atoms in total. The van der Waals surface area contributed by atoms with E-state index in [9.17, 15) is 14.4 Å². The van der Waals surface area contributed by atoms with Gasteiger partial charge in [-0.1, -0.05) is 36.4 Å². The van der Waals surface area contributed by atoms with Crippen molar-refractivity contribution in [3.8, 4) is 0 Å². The summed E-state index contributed by atoms with van der Waals surface area (Å²) < 4.78 is 5.31. The fourth-order valence-corrected chi connectivity index (χ4v) is 5.04. The first-order valence-corrected chi connectivity index (χ1v) is 11.7. The van der Waals surface area contributed by atoms with Crippen LogP contribution in [0.1, 0.15) is 6.42 Å². The molecule has 0 aliphatic carbocycles. The highest BCUT2D eigenvalue weighted by Gasteiger charge is 2.38. The Balaban J connectivity index is 1.17. The first kappa shape index (κ1) is 21.9. The molecule has 0 saturated carbocycles. The molecule has 3 saturated heterocycles. The Kier molecular flexibility index (Phi) is 6.28. The Labute approximate surface area is 193 Å². The molecule has 33 heavy (non-hydrogen) atoms. The minimum atomic E-state index is -0.321. The summed E-state index contributed by atoms with van der Waals surface area (Å²) in [4.78, 5) is 46.1. The van der Waals surface area contributed by atoms with Crippen LogP contribution in [-0.2, 0) is 19.1 Å². The highest BCUT2D eigenvalue weighted by molar-refractivity contribution is 6.07. The van der Waals surface area contributed by atoms with E-state index in [0.29, 0.717) is 65.6 Å². The lowest BCUT2D eigenvalue weighted by atomic mass is 10.1. The van der Waals surface area contributed by atoms with Crippen molar-refractivity contribution in [3.63, 3.8) is 0 Å². The Morgan fingerprint density at radius 1 is 0.879 bits per heavy atom. The van der Waals surface area contributed by atoms with Crippen molar-refractivity contribution in [2.24, 2.45) is 5.92 Å². The molecule has 3 amide bonds. The van der Waals surface area contributed by atoms with Gasteiger partial charge in [0.2, 0.25) is 17.7 Å². The summed E-state index contributed by atoms with van der Waals surface area (Å²) in [5.41, 5.74) is 0.875. The van der Waals surface area contributed by atoms with E-state index >= 15 is 0 Å². The third-order valence-electron chi connectivity index (χ3n) is 6.94. The highest BCUT2D eigenvalue weighted by Crippen LogP contribution is 2.32. The summed E-state index contributed by atoms with van der Waals surface area (Å²) in [5.74, 6) is -0.145. The van der Waals surface area contributed by atoms with Gasteiger partial charge in [-0.3, -0.25) is 19.3 Å². The van der Waals surface area contributed by atoms with Crippen LogP contribution < -0.4 is 4.90 Å². The maximum Gasteiger partial charge on any atom is 0.236 e. The van der Waals surface area contributed by atoms with Crippen LogP contribution in [0.5, 0.6) is 0 Å². The minimum absolute atomic E-state index is 0.000512. The predicted octanol–water partition coefficient (Wildman–Crippen LogP) is 1.20. The van der Waals surface area contributed by atoms with Gasteiger partial charge in [0.25, 0.3) is 0 Å². The molecule has 174 valence electrons. The van der Waals surface area contributed by atoms with E-state index in [1.165, 1.54) is 0 Å². The number of hydrogen-bond donors (Lipinski definition) is 0. The smallest absolute Gasteiger partial charge is 0.236 e. The molecule has 3 heterocycles. The predicted molar refractivity (Wildman–Crippen MR) is 125 cm³/mol. The molecule has 3 fully saturated rings. The van der Waals surface area contributed by atoms with E-state index < -0.39 is 0 Å². The number of morpholine rings is 1. The van der Waals surface area contributed by atoms with Gasteiger partial charge in [-0.25, -0.2) is 0 Å². The van der Waals surface area contributed by atoms with E-state index in [1.807, 2.05) is 52.3 Å². The largest absolute Gasteiger partial charge is 0.378 e. The van der Waals surface area contributed by atoms with Crippen molar-refractivity contribution in [1.29, 1.82) is 0 Å². The van der Waals surface area contributed by atoms with Crippen molar-refractivity contribution in [1.82, 2.24) is 14.7 Å². The van der Waals surface area contributed by atoms with Gasteiger partial charge in [0.1, 0.15) is 0 Å². The van der Waals surface area contributed by atoms with Gasteiger partial charge < -0.3 is 19.4 Å². The third-order valence-corrected chi connectivity index (χ3v) is 6.94. The topological polar surface area (TPSA) is 73.4 Å². The number of ether oxygens (including phenoxy) is 1. The zero-order valence-electron chi connectivity index (χ0n) is 18.8.